The van der Waals surface area contributed by atoms with Gasteiger partial charge in [-0.1, -0.05) is 31.1 Å². The summed E-state index contributed by atoms with van der Waals surface area (Å²) in [5, 5.41) is 0.645. The predicted molar refractivity (Wildman–Crippen MR) is 142 cm³/mol. The van der Waals surface area contributed by atoms with Gasteiger partial charge < -0.3 is 19.1 Å². The molecule has 0 N–H and O–H groups in total. The first-order valence-corrected chi connectivity index (χ1v) is 12.0. The standard InChI is InChI=1S/C25H33N3O4S.ClH/c1-6-7-8-15-32-19-11-9-18(10-12-19)24(29)28(14-13-27(2)3)25-26-20-16-21(30-4)22(31-5)17-23(20)33-25;/h9-12,16-17H,6-8,13-15H2,1-5H3;1H. The van der Waals surface area contributed by atoms with E-state index in [-0.39, 0.29) is 18.3 Å². The molecule has 2 aromatic carbocycles. The van der Waals surface area contributed by atoms with E-state index in [1.54, 1.807) is 19.1 Å². The van der Waals surface area contributed by atoms with Crippen molar-refractivity contribution in [1.29, 1.82) is 0 Å². The minimum Gasteiger partial charge on any atom is -0.494 e. The summed E-state index contributed by atoms with van der Waals surface area (Å²) in [5.41, 5.74) is 1.37. The van der Waals surface area contributed by atoms with E-state index >= 15 is 0 Å². The zero-order chi connectivity index (χ0) is 23.8. The molecule has 1 aromatic heterocycles. The van der Waals surface area contributed by atoms with Crippen molar-refractivity contribution in [2.24, 2.45) is 0 Å². The SMILES string of the molecule is CCCCCOc1ccc(C(=O)N(CCN(C)C)c2nc3cc(OC)c(OC)cc3s2)cc1.Cl. The van der Waals surface area contributed by atoms with Crippen LogP contribution in [0.15, 0.2) is 36.4 Å². The molecule has 0 aliphatic rings. The van der Waals surface area contributed by atoms with Crippen LogP contribution in [0.25, 0.3) is 10.2 Å². The van der Waals surface area contributed by atoms with Crippen molar-refractivity contribution in [2.45, 2.75) is 26.2 Å². The van der Waals surface area contributed by atoms with Crippen molar-refractivity contribution in [3.05, 3.63) is 42.0 Å². The molecule has 7 nitrogen and oxygen atoms in total. The lowest BCUT2D eigenvalue weighted by molar-refractivity contribution is 0.0985. The number of fused-ring (bicyclic) bond motifs is 1. The van der Waals surface area contributed by atoms with E-state index in [1.165, 1.54) is 11.3 Å². The van der Waals surface area contributed by atoms with Crippen LogP contribution in [0.3, 0.4) is 0 Å². The van der Waals surface area contributed by atoms with Crippen molar-refractivity contribution >= 4 is 45.0 Å². The van der Waals surface area contributed by atoms with Gasteiger partial charge in [0.05, 0.1) is 31.0 Å². The van der Waals surface area contributed by atoms with Crippen molar-refractivity contribution < 1.29 is 19.0 Å². The second-order valence-corrected chi connectivity index (χ2v) is 9.02. The molecule has 34 heavy (non-hydrogen) atoms. The monoisotopic (exact) mass is 507 g/mol. The number of carbonyl (C=O) groups is 1. The van der Waals surface area contributed by atoms with Crippen LogP contribution < -0.4 is 19.1 Å². The Balaban J connectivity index is 0.00000408. The number of rotatable bonds is 12. The molecule has 9 heteroatoms. The lowest BCUT2D eigenvalue weighted by Crippen LogP contribution is -2.36. The number of amides is 1. The quantitative estimate of drug-likeness (QED) is 0.301. The van der Waals surface area contributed by atoms with Crippen LogP contribution in [0.1, 0.15) is 36.5 Å². The topological polar surface area (TPSA) is 64.1 Å². The van der Waals surface area contributed by atoms with Gasteiger partial charge in [0.1, 0.15) is 5.75 Å². The summed E-state index contributed by atoms with van der Waals surface area (Å²) in [6.45, 7) is 4.09. The van der Waals surface area contributed by atoms with Gasteiger partial charge in [-0.3, -0.25) is 9.69 Å². The van der Waals surface area contributed by atoms with Crippen molar-refractivity contribution in [1.82, 2.24) is 9.88 Å². The highest BCUT2D eigenvalue weighted by atomic mass is 35.5. The van der Waals surface area contributed by atoms with Gasteiger partial charge in [-0.25, -0.2) is 4.98 Å². The van der Waals surface area contributed by atoms with Crippen molar-refractivity contribution in [2.75, 3.05) is 52.9 Å². The van der Waals surface area contributed by atoms with Gasteiger partial charge in [-0.05, 0) is 44.8 Å². The summed E-state index contributed by atoms with van der Waals surface area (Å²) >= 11 is 1.46. The first kappa shape index (κ1) is 27.7. The Morgan fingerprint density at radius 2 is 1.68 bits per heavy atom. The van der Waals surface area contributed by atoms with Crippen LogP contribution in [0.2, 0.25) is 0 Å². The number of aromatic nitrogens is 1. The molecule has 0 unspecified atom stereocenters. The maximum atomic E-state index is 13.5. The average molecular weight is 508 g/mol. The fourth-order valence-corrected chi connectivity index (χ4v) is 4.33. The smallest absolute Gasteiger partial charge is 0.260 e. The third kappa shape index (κ3) is 6.98. The first-order valence-electron chi connectivity index (χ1n) is 11.2. The number of likely N-dealkylation sites (N-methyl/N-ethyl adjacent to an activating group) is 1. The van der Waals surface area contributed by atoms with E-state index in [1.807, 2.05) is 55.4 Å². The van der Waals surface area contributed by atoms with Crippen molar-refractivity contribution in [3.63, 3.8) is 0 Å². The molecule has 3 rings (SSSR count). The summed E-state index contributed by atoms with van der Waals surface area (Å²) in [5.74, 6) is 1.94. The molecule has 0 saturated carbocycles. The molecule has 0 fully saturated rings. The minimum absolute atomic E-state index is 0. The summed E-state index contributed by atoms with van der Waals surface area (Å²) in [6, 6.07) is 11.1. The number of unbranched alkanes of at least 4 members (excludes halogenated alkanes) is 2. The molecular formula is C25H34ClN3O4S. The summed E-state index contributed by atoms with van der Waals surface area (Å²) < 4.78 is 17.5. The Morgan fingerprint density at radius 1 is 1.00 bits per heavy atom. The predicted octanol–water partition coefficient (Wildman–Crippen LogP) is 5.51. The number of hydrogen-bond acceptors (Lipinski definition) is 7. The lowest BCUT2D eigenvalue weighted by atomic mass is 10.2. The van der Waals surface area contributed by atoms with E-state index in [9.17, 15) is 4.79 Å². The number of halogens is 1. The third-order valence-corrected chi connectivity index (χ3v) is 6.29. The summed E-state index contributed by atoms with van der Waals surface area (Å²) in [7, 11) is 7.18. The Bertz CT molecular complexity index is 1020. The minimum atomic E-state index is -0.0904. The normalized spacial score (nSPS) is 10.8. The second-order valence-electron chi connectivity index (χ2n) is 8.01. The van der Waals surface area contributed by atoms with Gasteiger partial charge >= 0.3 is 0 Å². The molecule has 3 aromatic rings. The van der Waals surface area contributed by atoms with Crippen LogP contribution in [0.5, 0.6) is 17.2 Å². The second kappa shape index (κ2) is 13.4. The van der Waals surface area contributed by atoms with E-state index in [4.69, 9.17) is 19.2 Å². The number of benzene rings is 2. The first-order chi connectivity index (χ1) is 16.0. The Kier molecular flexibility index (Phi) is 10.9. The number of methoxy groups -OCH3 is 2. The van der Waals surface area contributed by atoms with Gasteiger partial charge in [0.25, 0.3) is 5.91 Å². The molecule has 0 saturated heterocycles. The van der Waals surface area contributed by atoms with Crippen molar-refractivity contribution in [3.8, 4) is 17.2 Å². The maximum absolute atomic E-state index is 13.5. The molecule has 1 amide bonds. The van der Waals surface area contributed by atoms with E-state index in [0.29, 0.717) is 41.9 Å². The third-order valence-electron chi connectivity index (χ3n) is 5.25. The highest BCUT2D eigenvalue weighted by molar-refractivity contribution is 7.22. The maximum Gasteiger partial charge on any atom is 0.260 e. The van der Waals surface area contributed by atoms with Crippen LogP contribution >= 0.6 is 23.7 Å². The van der Waals surface area contributed by atoms with Gasteiger partial charge in [0, 0.05) is 30.8 Å². The van der Waals surface area contributed by atoms with E-state index in [0.717, 1.165) is 35.2 Å². The van der Waals surface area contributed by atoms with Crippen LogP contribution in [-0.4, -0.2) is 63.8 Å². The number of carbonyl (C=O) groups excluding carboxylic acids is 1. The number of anilines is 1. The highest BCUT2D eigenvalue weighted by Crippen LogP contribution is 2.37. The molecule has 0 spiro atoms. The van der Waals surface area contributed by atoms with Gasteiger partial charge in [0.15, 0.2) is 16.6 Å². The zero-order valence-electron chi connectivity index (χ0n) is 20.5. The number of hydrogen-bond donors (Lipinski definition) is 0. The number of ether oxygens (including phenoxy) is 3. The molecule has 0 aliphatic heterocycles. The van der Waals surface area contributed by atoms with Crippen LogP contribution in [0.4, 0.5) is 5.13 Å². The Morgan fingerprint density at radius 3 is 2.29 bits per heavy atom. The summed E-state index contributed by atoms with van der Waals surface area (Å²) in [4.78, 5) is 22.0. The Hall–Kier alpha value is -2.55. The van der Waals surface area contributed by atoms with Gasteiger partial charge in [-0.2, -0.15) is 0 Å². The van der Waals surface area contributed by atoms with Gasteiger partial charge in [-0.15, -0.1) is 12.4 Å². The molecule has 0 bridgehead atoms. The largest absolute Gasteiger partial charge is 0.494 e. The zero-order valence-corrected chi connectivity index (χ0v) is 22.1. The lowest BCUT2D eigenvalue weighted by Gasteiger charge is -2.22. The fraction of sp³-hybridized carbons (Fsp3) is 0.440. The fourth-order valence-electron chi connectivity index (χ4n) is 3.33. The highest BCUT2D eigenvalue weighted by Gasteiger charge is 2.22. The van der Waals surface area contributed by atoms with Crippen LogP contribution in [-0.2, 0) is 0 Å². The molecule has 1 heterocycles. The summed E-state index contributed by atoms with van der Waals surface area (Å²) in [6.07, 6.45) is 3.34. The molecule has 0 aliphatic carbocycles. The average Bonchev–Trinajstić information content (AvgIpc) is 3.23. The molecule has 0 radical (unpaired) electrons. The van der Waals surface area contributed by atoms with E-state index < -0.39 is 0 Å². The van der Waals surface area contributed by atoms with Crippen LogP contribution in [0, 0.1) is 0 Å². The molecule has 0 atom stereocenters. The molecule has 186 valence electrons. The Labute approximate surface area is 212 Å². The molecular weight excluding hydrogens is 474 g/mol. The van der Waals surface area contributed by atoms with E-state index in [2.05, 4.69) is 6.92 Å². The van der Waals surface area contributed by atoms with Gasteiger partial charge in [0.2, 0.25) is 0 Å². The number of thiazole rings is 1. The number of nitrogens with zero attached hydrogens (tertiary/aromatic N) is 3.